The van der Waals surface area contributed by atoms with Crippen molar-refractivity contribution in [3.05, 3.63) is 28.8 Å². The molecule has 1 aliphatic rings. The molecule has 2 rings (SSSR count). The van der Waals surface area contributed by atoms with Gasteiger partial charge in [-0.2, -0.15) is 0 Å². The van der Waals surface area contributed by atoms with Gasteiger partial charge in [0.05, 0.1) is 4.90 Å². The molecule has 0 saturated heterocycles. The van der Waals surface area contributed by atoms with Crippen molar-refractivity contribution in [3.8, 4) is 0 Å². The third-order valence-corrected chi connectivity index (χ3v) is 6.36. The molecule has 21 heavy (non-hydrogen) atoms. The molecule has 0 aliphatic heterocycles. The van der Waals surface area contributed by atoms with E-state index in [1.54, 1.807) is 12.1 Å². The van der Waals surface area contributed by atoms with E-state index in [0.29, 0.717) is 18.1 Å². The van der Waals surface area contributed by atoms with Gasteiger partial charge in [0, 0.05) is 18.1 Å². The van der Waals surface area contributed by atoms with Crippen molar-refractivity contribution in [1.29, 1.82) is 0 Å². The summed E-state index contributed by atoms with van der Waals surface area (Å²) in [6.45, 7) is 2.93. The van der Waals surface area contributed by atoms with Crippen LogP contribution in [0, 0.1) is 5.41 Å². The summed E-state index contributed by atoms with van der Waals surface area (Å²) >= 11 is 6.05. The van der Waals surface area contributed by atoms with E-state index < -0.39 is 10.0 Å². The highest BCUT2D eigenvalue weighted by molar-refractivity contribution is 7.89. The highest BCUT2D eigenvalue weighted by atomic mass is 35.5. The molecular weight excluding hydrogens is 308 g/mol. The molecule has 1 aromatic rings. The van der Waals surface area contributed by atoms with E-state index in [4.69, 9.17) is 17.3 Å². The Labute approximate surface area is 132 Å². The van der Waals surface area contributed by atoms with Crippen LogP contribution in [0.15, 0.2) is 23.1 Å². The van der Waals surface area contributed by atoms with E-state index in [1.165, 1.54) is 18.9 Å². The molecule has 1 aliphatic carbocycles. The second-order valence-electron chi connectivity index (χ2n) is 5.84. The predicted molar refractivity (Wildman–Crippen MR) is 85.7 cm³/mol. The van der Waals surface area contributed by atoms with E-state index in [2.05, 4.69) is 11.6 Å². The van der Waals surface area contributed by atoms with Crippen molar-refractivity contribution < 1.29 is 8.42 Å². The van der Waals surface area contributed by atoms with Gasteiger partial charge in [-0.3, -0.25) is 0 Å². The second-order valence-corrected chi connectivity index (χ2v) is 8.02. The lowest BCUT2D eigenvalue weighted by atomic mass is 9.84. The largest absolute Gasteiger partial charge is 0.326 e. The molecule has 6 heteroatoms. The first kappa shape index (κ1) is 16.7. The quantitative estimate of drug-likeness (QED) is 0.842. The van der Waals surface area contributed by atoms with Crippen molar-refractivity contribution >= 4 is 21.6 Å². The van der Waals surface area contributed by atoms with Crippen molar-refractivity contribution in [2.24, 2.45) is 11.1 Å². The summed E-state index contributed by atoms with van der Waals surface area (Å²) in [6.07, 6.45) is 5.57. The van der Waals surface area contributed by atoms with Gasteiger partial charge in [0.15, 0.2) is 0 Å². The lowest BCUT2D eigenvalue weighted by Crippen LogP contribution is -2.35. The number of hydrogen-bond acceptors (Lipinski definition) is 3. The van der Waals surface area contributed by atoms with Gasteiger partial charge < -0.3 is 5.73 Å². The summed E-state index contributed by atoms with van der Waals surface area (Å²) in [7, 11) is -3.52. The maximum absolute atomic E-state index is 12.4. The summed E-state index contributed by atoms with van der Waals surface area (Å²) in [6, 6.07) is 4.70. The van der Waals surface area contributed by atoms with E-state index in [9.17, 15) is 8.42 Å². The van der Waals surface area contributed by atoms with Crippen LogP contribution in [0.25, 0.3) is 0 Å². The van der Waals surface area contributed by atoms with Crippen LogP contribution in [0.5, 0.6) is 0 Å². The number of nitrogens with two attached hydrogens (primary N) is 1. The third kappa shape index (κ3) is 3.77. The van der Waals surface area contributed by atoms with Gasteiger partial charge in [-0.05, 0) is 42.4 Å². The minimum Gasteiger partial charge on any atom is -0.326 e. The van der Waals surface area contributed by atoms with Gasteiger partial charge in [-0.1, -0.05) is 37.4 Å². The fourth-order valence-electron chi connectivity index (χ4n) is 2.97. The zero-order valence-corrected chi connectivity index (χ0v) is 13.9. The van der Waals surface area contributed by atoms with E-state index in [1.807, 2.05) is 0 Å². The summed E-state index contributed by atoms with van der Waals surface area (Å²) in [5.41, 5.74) is 6.40. The topological polar surface area (TPSA) is 72.2 Å². The first-order valence-corrected chi connectivity index (χ1v) is 9.27. The van der Waals surface area contributed by atoms with Gasteiger partial charge in [0.2, 0.25) is 10.0 Å². The molecule has 0 radical (unpaired) electrons. The zero-order valence-electron chi connectivity index (χ0n) is 12.4. The number of nitrogens with one attached hydrogen (secondary N) is 1. The van der Waals surface area contributed by atoms with Crippen LogP contribution in [-0.2, 0) is 16.6 Å². The van der Waals surface area contributed by atoms with Gasteiger partial charge in [0.1, 0.15) is 0 Å². The highest BCUT2D eigenvalue weighted by Gasteiger charge is 2.33. The molecule has 1 aromatic carbocycles. The number of hydrogen-bond donors (Lipinski definition) is 2. The molecule has 0 atom stereocenters. The zero-order chi connectivity index (χ0) is 15.5. The number of rotatable bonds is 6. The van der Waals surface area contributed by atoms with Crippen molar-refractivity contribution in [2.75, 3.05) is 6.54 Å². The van der Waals surface area contributed by atoms with Crippen LogP contribution in [0.3, 0.4) is 0 Å². The second kappa shape index (κ2) is 6.65. The Morgan fingerprint density at radius 3 is 2.52 bits per heavy atom. The average Bonchev–Trinajstić information content (AvgIpc) is 2.95. The Bertz CT molecular complexity index is 596. The van der Waals surface area contributed by atoms with Gasteiger partial charge in [-0.25, -0.2) is 13.1 Å². The molecule has 3 N–H and O–H groups in total. The van der Waals surface area contributed by atoms with Crippen molar-refractivity contribution in [1.82, 2.24) is 4.72 Å². The minimum absolute atomic E-state index is 0.119. The van der Waals surface area contributed by atoms with Gasteiger partial charge >= 0.3 is 0 Å². The fourth-order valence-corrected chi connectivity index (χ4v) is 4.48. The van der Waals surface area contributed by atoms with Gasteiger partial charge in [-0.15, -0.1) is 0 Å². The van der Waals surface area contributed by atoms with Crippen LogP contribution in [0.1, 0.15) is 44.6 Å². The summed E-state index contributed by atoms with van der Waals surface area (Å²) < 4.78 is 27.6. The fraction of sp³-hybridized carbons (Fsp3) is 0.600. The molecule has 0 spiro atoms. The normalized spacial score (nSPS) is 18.0. The Morgan fingerprint density at radius 2 is 2.00 bits per heavy atom. The Hall–Kier alpha value is -0.620. The van der Waals surface area contributed by atoms with Crippen LogP contribution < -0.4 is 10.5 Å². The maximum atomic E-state index is 12.4. The molecule has 0 aromatic heterocycles. The molecule has 0 amide bonds. The maximum Gasteiger partial charge on any atom is 0.240 e. The minimum atomic E-state index is -3.52. The van der Waals surface area contributed by atoms with E-state index in [-0.39, 0.29) is 10.3 Å². The Morgan fingerprint density at radius 1 is 1.33 bits per heavy atom. The number of sulfonamides is 1. The smallest absolute Gasteiger partial charge is 0.240 e. The Balaban J connectivity index is 2.13. The lowest BCUT2D eigenvalue weighted by Gasteiger charge is -2.27. The first-order chi connectivity index (χ1) is 9.92. The Kier molecular flexibility index (Phi) is 5.30. The molecule has 118 valence electrons. The van der Waals surface area contributed by atoms with Gasteiger partial charge in [0.25, 0.3) is 0 Å². The molecule has 0 heterocycles. The molecule has 0 bridgehead atoms. The average molecular weight is 331 g/mol. The molecule has 1 saturated carbocycles. The van der Waals surface area contributed by atoms with Crippen molar-refractivity contribution in [2.45, 2.75) is 50.5 Å². The standard InChI is InChI=1S/C15H23ClN2O2S/c1-2-15(7-3-4-8-15)11-18-21(19,20)13-6-5-12(10-17)14(16)9-13/h5-6,9,18H,2-4,7-8,10-11,17H2,1H3. The predicted octanol–water partition coefficient (Wildman–Crippen LogP) is 3.05. The van der Waals surface area contributed by atoms with E-state index >= 15 is 0 Å². The molecular formula is C15H23ClN2O2S. The molecule has 0 unspecified atom stereocenters. The van der Waals surface area contributed by atoms with E-state index in [0.717, 1.165) is 24.8 Å². The monoisotopic (exact) mass is 330 g/mol. The summed E-state index contributed by atoms with van der Waals surface area (Å²) in [4.78, 5) is 0.203. The molecule has 1 fully saturated rings. The first-order valence-electron chi connectivity index (χ1n) is 7.41. The summed E-state index contributed by atoms with van der Waals surface area (Å²) in [5.74, 6) is 0. The van der Waals surface area contributed by atoms with Crippen LogP contribution in [-0.4, -0.2) is 15.0 Å². The number of benzene rings is 1. The summed E-state index contributed by atoms with van der Waals surface area (Å²) in [5, 5.41) is 0.395. The van der Waals surface area contributed by atoms with Crippen molar-refractivity contribution in [3.63, 3.8) is 0 Å². The van der Waals surface area contributed by atoms with Crippen LogP contribution >= 0.6 is 11.6 Å². The highest BCUT2D eigenvalue weighted by Crippen LogP contribution is 2.40. The van der Waals surface area contributed by atoms with Crippen LogP contribution in [0.4, 0.5) is 0 Å². The SMILES string of the molecule is CCC1(CNS(=O)(=O)c2ccc(CN)c(Cl)c2)CCCC1. The third-order valence-electron chi connectivity index (χ3n) is 4.61. The van der Waals surface area contributed by atoms with Crippen LogP contribution in [0.2, 0.25) is 5.02 Å². The molecule has 4 nitrogen and oxygen atoms in total. The lowest BCUT2D eigenvalue weighted by molar-refractivity contribution is 0.285. The number of halogens is 1.